The smallest absolute Gasteiger partial charge is 0.142 e. The fraction of sp³-hybridized carbons (Fsp3) is 0.429. The van der Waals surface area contributed by atoms with Crippen molar-refractivity contribution in [1.29, 1.82) is 0 Å². The van der Waals surface area contributed by atoms with Crippen molar-refractivity contribution in [2.24, 2.45) is 0 Å². The highest BCUT2D eigenvalue weighted by atomic mass is 32.2. The molecule has 1 aliphatic heterocycles. The average Bonchev–Trinajstić information content (AvgIpc) is 3.27. The number of fused-ring (bicyclic) bond motifs is 3. The quantitative estimate of drug-likeness (QED) is 0.660. The van der Waals surface area contributed by atoms with E-state index in [-0.39, 0.29) is 6.10 Å². The predicted molar refractivity (Wildman–Crippen MR) is 113 cm³/mol. The summed E-state index contributed by atoms with van der Waals surface area (Å²) in [6, 6.07) is 10.4. The molecule has 27 heavy (non-hydrogen) atoms. The van der Waals surface area contributed by atoms with Crippen LogP contribution in [0.25, 0.3) is 10.2 Å². The number of hydrogen-bond acceptors (Lipinski definition) is 6. The summed E-state index contributed by atoms with van der Waals surface area (Å²) in [6.07, 6.45) is 5.21. The standard InChI is InChI=1S/C21H23N3OS2/c25-14-6-5-11-24(12-14)20-19-16-9-4-10-17(16)27-21(19)23-18(22-20)13-26-15-7-2-1-3-8-15/h1-3,7-8,14,25H,4-6,9-13H2/t14-/m1/s1. The van der Waals surface area contributed by atoms with Crippen LogP contribution < -0.4 is 4.90 Å². The number of β-amino-alcohol motifs (C(OH)–C–C–N with tert-alkyl or cyclic N) is 1. The number of rotatable bonds is 4. The van der Waals surface area contributed by atoms with Gasteiger partial charge in [-0.3, -0.25) is 0 Å². The Bertz CT molecular complexity index is 957. The number of thioether (sulfide) groups is 1. The Balaban J connectivity index is 1.53. The fourth-order valence-electron chi connectivity index (χ4n) is 4.12. The van der Waals surface area contributed by atoms with E-state index in [4.69, 9.17) is 9.97 Å². The third kappa shape index (κ3) is 3.46. The fourth-order valence-corrected chi connectivity index (χ4v) is 6.17. The van der Waals surface area contributed by atoms with Gasteiger partial charge >= 0.3 is 0 Å². The highest BCUT2D eigenvalue weighted by Gasteiger charge is 2.27. The maximum atomic E-state index is 10.2. The molecule has 1 fully saturated rings. The molecule has 3 aromatic rings. The molecule has 0 spiro atoms. The van der Waals surface area contributed by atoms with E-state index < -0.39 is 0 Å². The third-order valence-corrected chi connectivity index (χ3v) is 7.59. The van der Waals surface area contributed by atoms with Crippen LogP contribution in [-0.2, 0) is 18.6 Å². The molecule has 3 heterocycles. The second kappa shape index (κ2) is 7.41. The predicted octanol–water partition coefficient (Wildman–Crippen LogP) is 4.43. The lowest BCUT2D eigenvalue weighted by molar-refractivity contribution is 0.154. The first-order chi connectivity index (χ1) is 13.3. The summed E-state index contributed by atoms with van der Waals surface area (Å²) < 4.78 is 0. The lowest BCUT2D eigenvalue weighted by Crippen LogP contribution is -2.39. The SMILES string of the molecule is O[C@@H]1CCCN(c2nc(CSc3ccccc3)nc3sc4c(c23)CCC4)C1. The van der Waals surface area contributed by atoms with Gasteiger partial charge in [0.15, 0.2) is 0 Å². The summed E-state index contributed by atoms with van der Waals surface area (Å²) in [5, 5.41) is 11.5. The van der Waals surface area contributed by atoms with E-state index in [0.29, 0.717) is 6.54 Å². The maximum absolute atomic E-state index is 10.2. The first-order valence-corrected chi connectivity index (χ1v) is 11.5. The molecule has 1 aliphatic carbocycles. The summed E-state index contributed by atoms with van der Waals surface area (Å²) in [7, 11) is 0. The summed E-state index contributed by atoms with van der Waals surface area (Å²) in [6.45, 7) is 1.65. The number of aromatic nitrogens is 2. The van der Waals surface area contributed by atoms with Crippen LogP contribution in [0.5, 0.6) is 0 Å². The molecule has 2 aromatic heterocycles. The Kier molecular flexibility index (Phi) is 4.80. The minimum Gasteiger partial charge on any atom is -0.391 e. The Morgan fingerprint density at radius 1 is 1.15 bits per heavy atom. The zero-order chi connectivity index (χ0) is 18.2. The number of piperidine rings is 1. The van der Waals surface area contributed by atoms with Crippen molar-refractivity contribution in [3.05, 3.63) is 46.6 Å². The molecule has 6 heteroatoms. The van der Waals surface area contributed by atoms with Crippen LogP contribution in [0.1, 0.15) is 35.5 Å². The van der Waals surface area contributed by atoms with Crippen molar-refractivity contribution in [1.82, 2.24) is 9.97 Å². The van der Waals surface area contributed by atoms with E-state index in [0.717, 1.165) is 48.0 Å². The molecule has 1 saturated heterocycles. The molecule has 2 aliphatic rings. The van der Waals surface area contributed by atoms with E-state index in [1.54, 1.807) is 11.8 Å². The lowest BCUT2D eigenvalue weighted by atomic mass is 10.1. The minimum absolute atomic E-state index is 0.252. The van der Waals surface area contributed by atoms with Crippen molar-refractivity contribution in [2.75, 3.05) is 18.0 Å². The van der Waals surface area contributed by atoms with Gasteiger partial charge in [-0.1, -0.05) is 18.2 Å². The summed E-state index contributed by atoms with van der Waals surface area (Å²) >= 11 is 3.63. The number of nitrogens with zero attached hydrogens (tertiary/aromatic N) is 3. The Hall–Kier alpha value is -1.63. The molecular weight excluding hydrogens is 374 g/mol. The molecular formula is C21H23N3OS2. The molecule has 4 nitrogen and oxygen atoms in total. The maximum Gasteiger partial charge on any atom is 0.142 e. The number of aliphatic hydroxyl groups excluding tert-OH is 1. The number of thiophene rings is 1. The second-order valence-corrected chi connectivity index (χ2v) is 9.48. The summed E-state index contributed by atoms with van der Waals surface area (Å²) in [5.74, 6) is 2.72. The van der Waals surface area contributed by atoms with E-state index in [1.165, 1.54) is 33.6 Å². The second-order valence-electron chi connectivity index (χ2n) is 7.34. The Labute approximate surface area is 167 Å². The molecule has 0 radical (unpaired) electrons. The van der Waals surface area contributed by atoms with Crippen molar-refractivity contribution in [2.45, 2.75) is 48.9 Å². The molecule has 0 bridgehead atoms. The van der Waals surface area contributed by atoms with Gasteiger partial charge in [-0.15, -0.1) is 23.1 Å². The van der Waals surface area contributed by atoms with Gasteiger partial charge in [-0.25, -0.2) is 9.97 Å². The van der Waals surface area contributed by atoms with Crippen molar-refractivity contribution < 1.29 is 5.11 Å². The summed E-state index contributed by atoms with van der Waals surface area (Å²) in [4.78, 5) is 16.1. The zero-order valence-corrected chi connectivity index (χ0v) is 16.9. The topological polar surface area (TPSA) is 49.2 Å². The van der Waals surface area contributed by atoms with Crippen LogP contribution in [0.3, 0.4) is 0 Å². The first-order valence-electron chi connectivity index (χ1n) is 9.70. The van der Waals surface area contributed by atoms with Crippen LogP contribution >= 0.6 is 23.1 Å². The van der Waals surface area contributed by atoms with E-state index >= 15 is 0 Å². The van der Waals surface area contributed by atoms with E-state index in [2.05, 4.69) is 29.2 Å². The van der Waals surface area contributed by atoms with Crippen molar-refractivity contribution >= 4 is 39.1 Å². The van der Waals surface area contributed by atoms with Crippen molar-refractivity contribution in [3.63, 3.8) is 0 Å². The van der Waals surface area contributed by atoms with Crippen LogP contribution in [0.15, 0.2) is 35.2 Å². The van der Waals surface area contributed by atoms with E-state index in [1.807, 2.05) is 17.4 Å². The minimum atomic E-state index is -0.252. The van der Waals surface area contributed by atoms with Crippen molar-refractivity contribution in [3.8, 4) is 0 Å². The molecule has 1 atom stereocenters. The monoisotopic (exact) mass is 397 g/mol. The van der Waals surface area contributed by atoms with Gasteiger partial charge in [0.2, 0.25) is 0 Å². The highest BCUT2D eigenvalue weighted by molar-refractivity contribution is 7.98. The van der Waals surface area contributed by atoms with Crippen LogP contribution in [0, 0.1) is 0 Å². The number of hydrogen-bond donors (Lipinski definition) is 1. The Morgan fingerprint density at radius 2 is 2.04 bits per heavy atom. The summed E-state index contributed by atoms with van der Waals surface area (Å²) in [5.41, 5.74) is 1.47. The molecule has 1 N–H and O–H groups in total. The van der Waals surface area contributed by atoms with Gasteiger partial charge in [-0.05, 0) is 49.8 Å². The van der Waals surface area contributed by atoms with Gasteiger partial charge in [0, 0.05) is 22.9 Å². The normalized spacial score (nSPS) is 19.6. The molecule has 0 amide bonds. The largest absolute Gasteiger partial charge is 0.391 e. The first kappa shape index (κ1) is 17.5. The van der Waals surface area contributed by atoms with Crippen LogP contribution in [0.2, 0.25) is 0 Å². The van der Waals surface area contributed by atoms with Gasteiger partial charge in [0.25, 0.3) is 0 Å². The number of benzene rings is 1. The molecule has 0 unspecified atom stereocenters. The van der Waals surface area contributed by atoms with Gasteiger partial charge in [0.1, 0.15) is 16.5 Å². The van der Waals surface area contributed by atoms with Crippen LogP contribution in [-0.4, -0.2) is 34.3 Å². The number of aliphatic hydroxyl groups is 1. The molecule has 5 rings (SSSR count). The average molecular weight is 398 g/mol. The number of aryl methyl sites for hydroxylation is 2. The van der Waals surface area contributed by atoms with Crippen LogP contribution in [0.4, 0.5) is 5.82 Å². The van der Waals surface area contributed by atoms with Gasteiger partial charge in [-0.2, -0.15) is 0 Å². The zero-order valence-electron chi connectivity index (χ0n) is 15.2. The molecule has 0 saturated carbocycles. The van der Waals surface area contributed by atoms with Gasteiger partial charge < -0.3 is 10.0 Å². The van der Waals surface area contributed by atoms with E-state index in [9.17, 15) is 5.11 Å². The Morgan fingerprint density at radius 3 is 2.89 bits per heavy atom. The number of anilines is 1. The molecule has 1 aromatic carbocycles. The highest BCUT2D eigenvalue weighted by Crippen LogP contribution is 2.41. The third-order valence-electron chi connectivity index (χ3n) is 5.40. The lowest BCUT2D eigenvalue weighted by Gasteiger charge is -2.31. The van der Waals surface area contributed by atoms with Gasteiger partial charge in [0.05, 0.1) is 17.2 Å². The molecule has 140 valence electrons.